The Morgan fingerprint density at radius 1 is 1.07 bits per heavy atom. The van der Waals surface area contributed by atoms with Crippen LogP contribution in [0, 0.1) is 0 Å². The Balaban J connectivity index is 2.04. The van der Waals surface area contributed by atoms with E-state index < -0.39 is 17.0 Å². The van der Waals surface area contributed by atoms with Gasteiger partial charge in [0.25, 0.3) is 5.56 Å². The van der Waals surface area contributed by atoms with Crippen molar-refractivity contribution in [3.8, 4) is 10.6 Å². The van der Waals surface area contributed by atoms with Crippen LogP contribution in [0.4, 0.5) is 5.82 Å². The van der Waals surface area contributed by atoms with Crippen LogP contribution in [0.25, 0.3) is 21.5 Å². The predicted molar refractivity (Wildman–Crippen MR) is 110 cm³/mol. The average molecular weight is 392 g/mol. The maximum atomic E-state index is 13.4. The number of thiophene rings is 1. The molecule has 0 aliphatic rings. The molecule has 0 saturated carbocycles. The lowest BCUT2D eigenvalue weighted by atomic mass is 9.99. The molecule has 0 unspecified atom stereocenters. The van der Waals surface area contributed by atoms with Crippen molar-refractivity contribution >= 4 is 33.8 Å². The number of nitrogens with two attached hydrogens (primary N) is 1. The van der Waals surface area contributed by atoms with Crippen molar-refractivity contribution in [2.45, 2.75) is 0 Å². The highest BCUT2D eigenvalue weighted by atomic mass is 32.1. The number of pyridine rings is 1. The van der Waals surface area contributed by atoms with Gasteiger partial charge >= 0.3 is 5.69 Å². The van der Waals surface area contributed by atoms with Gasteiger partial charge in [-0.2, -0.15) is 0 Å². The molecular formula is C20H16N4O3S. The number of nitrogens with zero attached hydrogens (tertiary/aromatic N) is 3. The van der Waals surface area contributed by atoms with E-state index in [-0.39, 0.29) is 11.4 Å². The van der Waals surface area contributed by atoms with Crippen LogP contribution in [0.15, 0.2) is 57.4 Å². The number of benzene rings is 1. The summed E-state index contributed by atoms with van der Waals surface area (Å²) in [6.07, 6.45) is 0. The molecule has 4 rings (SSSR count). The summed E-state index contributed by atoms with van der Waals surface area (Å²) >= 11 is 1.50. The summed E-state index contributed by atoms with van der Waals surface area (Å²) in [4.78, 5) is 43.7. The van der Waals surface area contributed by atoms with Gasteiger partial charge in [-0.15, -0.1) is 11.3 Å². The third kappa shape index (κ3) is 2.66. The topological polar surface area (TPSA) is 100.0 Å². The van der Waals surface area contributed by atoms with Crippen molar-refractivity contribution in [3.63, 3.8) is 0 Å². The van der Waals surface area contributed by atoms with E-state index in [4.69, 9.17) is 5.73 Å². The lowest BCUT2D eigenvalue weighted by Crippen LogP contribution is -2.41. The molecule has 4 aromatic rings. The minimum Gasteiger partial charge on any atom is -0.384 e. The van der Waals surface area contributed by atoms with Crippen LogP contribution < -0.4 is 17.0 Å². The number of carbonyl (C=O) groups excluding carboxylic acids is 1. The van der Waals surface area contributed by atoms with Crippen molar-refractivity contribution in [2.24, 2.45) is 14.1 Å². The van der Waals surface area contributed by atoms with Gasteiger partial charge in [-0.05, 0) is 23.6 Å². The van der Waals surface area contributed by atoms with Gasteiger partial charge in [-0.1, -0.05) is 24.3 Å². The van der Waals surface area contributed by atoms with Crippen molar-refractivity contribution in [1.82, 2.24) is 14.1 Å². The predicted octanol–water partition coefficient (Wildman–Crippen LogP) is 2.17. The van der Waals surface area contributed by atoms with Gasteiger partial charge in [0, 0.05) is 25.0 Å². The molecule has 3 aromatic heterocycles. The van der Waals surface area contributed by atoms with Gasteiger partial charge in [-0.3, -0.25) is 18.7 Å². The minimum atomic E-state index is -0.718. The monoisotopic (exact) mass is 392 g/mol. The first-order valence-electron chi connectivity index (χ1n) is 8.44. The average Bonchev–Trinajstić information content (AvgIpc) is 3.25. The van der Waals surface area contributed by atoms with Crippen LogP contribution in [0.1, 0.15) is 15.9 Å². The van der Waals surface area contributed by atoms with Crippen LogP contribution >= 0.6 is 11.3 Å². The summed E-state index contributed by atoms with van der Waals surface area (Å²) in [5.41, 5.74) is 6.04. The lowest BCUT2D eigenvalue weighted by molar-refractivity contribution is 0.103. The van der Waals surface area contributed by atoms with Crippen molar-refractivity contribution in [1.29, 1.82) is 0 Å². The van der Waals surface area contributed by atoms with Crippen molar-refractivity contribution in [3.05, 3.63) is 79.8 Å². The molecule has 1 aromatic carbocycles. The van der Waals surface area contributed by atoms with E-state index in [0.29, 0.717) is 22.2 Å². The van der Waals surface area contributed by atoms with Crippen LogP contribution in [0.2, 0.25) is 0 Å². The zero-order valence-electron chi connectivity index (χ0n) is 15.2. The van der Waals surface area contributed by atoms with Crippen LogP contribution in [0.3, 0.4) is 0 Å². The maximum Gasteiger partial charge on any atom is 0.332 e. The molecule has 0 spiro atoms. The SMILES string of the molecule is Cn1c(N)c(C(=O)c2cc(-c3cccs3)nc3ccccc23)c(=O)n(C)c1=O. The summed E-state index contributed by atoms with van der Waals surface area (Å²) in [7, 11) is 2.75. The van der Waals surface area contributed by atoms with Gasteiger partial charge < -0.3 is 5.73 Å². The van der Waals surface area contributed by atoms with Gasteiger partial charge in [0.1, 0.15) is 11.4 Å². The Morgan fingerprint density at radius 2 is 1.82 bits per heavy atom. The van der Waals surface area contributed by atoms with E-state index in [1.54, 1.807) is 18.2 Å². The summed E-state index contributed by atoms with van der Waals surface area (Å²) < 4.78 is 1.98. The number of hydrogen-bond donors (Lipinski definition) is 1. The zero-order valence-corrected chi connectivity index (χ0v) is 16.0. The summed E-state index contributed by atoms with van der Waals surface area (Å²) in [5.74, 6) is -0.693. The number of nitrogen functional groups attached to an aromatic ring is 1. The highest BCUT2D eigenvalue weighted by Gasteiger charge is 2.24. The molecule has 0 aliphatic heterocycles. The molecule has 28 heavy (non-hydrogen) atoms. The van der Waals surface area contributed by atoms with E-state index in [0.717, 1.165) is 14.0 Å². The third-order valence-electron chi connectivity index (χ3n) is 4.67. The Morgan fingerprint density at radius 3 is 2.54 bits per heavy atom. The molecule has 3 heterocycles. The van der Waals surface area contributed by atoms with Gasteiger partial charge in [-0.25, -0.2) is 9.78 Å². The smallest absolute Gasteiger partial charge is 0.332 e. The first-order chi connectivity index (χ1) is 13.4. The fraction of sp³-hybridized carbons (Fsp3) is 0.100. The van der Waals surface area contributed by atoms with E-state index in [1.165, 1.54) is 25.4 Å². The molecule has 0 atom stereocenters. The van der Waals surface area contributed by atoms with Crippen LogP contribution in [0.5, 0.6) is 0 Å². The second-order valence-electron chi connectivity index (χ2n) is 6.34. The van der Waals surface area contributed by atoms with Gasteiger partial charge in [0.2, 0.25) is 5.78 Å². The molecule has 7 nitrogen and oxygen atoms in total. The lowest BCUT2D eigenvalue weighted by Gasteiger charge is -2.12. The molecule has 0 amide bonds. The number of anilines is 1. The number of fused-ring (bicyclic) bond motifs is 1. The highest BCUT2D eigenvalue weighted by molar-refractivity contribution is 7.13. The highest BCUT2D eigenvalue weighted by Crippen LogP contribution is 2.29. The second kappa shape index (κ2) is 6.58. The first kappa shape index (κ1) is 17.9. The van der Waals surface area contributed by atoms with Gasteiger partial charge in [0.05, 0.1) is 16.1 Å². The molecule has 2 N–H and O–H groups in total. The van der Waals surface area contributed by atoms with Gasteiger partial charge in [0.15, 0.2) is 0 Å². The van der Waals surface area contributed by atoms with Crippen LogP contribution in [-0.2, 0) is 14.1 Å². The number of aromatic nitrogens is 3. The number of para-hydroxylation sites is 1. The normalized spacial score (nSPS) is 11.1. The molecule has 0 radical (unpaired) electrons. The fourth-order valence-electron chi connectivity index (χ4n) is 3.12. The molecular weight excluding hydrogens is 376 g/mol. The molecule has 0 aliphatic carbocycles. The molecule has 0 saturated heterocycles. The number of rotatable bonds is 3. The second-order valence-corrected chi connectivity index (χ2v) is 7.29. The Labute approximate surface area is 163 Å². The molecule has 0 fully saturated rings. The quantitative estimate of drug-likeness (QED) is 0.539. The number of ketones is 1. The fourth-order valence-corrected chi connectivity index (χ4v) is 3.81. The molecule has 0 bridgehead atoms. The number of hydrogen-bond acceptors (Lipinski definition) is 6. The van der Waals surface area contributed by atoms with E-state index in [9.17, 15) is 14.4 Å². The van der Waals surface area contributed by atoms with E-state index in [2.05, 4.69) is 4.98 Å². The standard InChI is InChI=1S/C20H16N4O3S/c1-23-18(21)16(19(26)24(2)20(23)27)17(25)12-10-14(15-8-5-9-28-15)22-13-7-4-3-6-11(12)13/h3-10H,21H2,1-2H3. The molecule has 140 valence electrons. The Bertz CT molecular complexity index is 1350. The van der Waals surface area contributed by atoms with E-state index >= 15 is 0 Å². The zero-order chi connectivity index (χ0) is 20.0. The van der Waals surface area contributed by atoms with E-state index in [1.807, 2.05) is 29.6 Å². The summed E-state index contributed by atoms with van der Waals surface area (Å²) in [5, 5.41) is 2.54. The number of carbonyl (C=O) groups is 1. The van der Waals surface area contributed by atoms with Crippen LogP contribution in [-0.4, -0.2) is 19.9 Å². The summed E-state index contributed by atoms with van der Waals surface area (Å²) in [6.45, 7) is 0. The summed E-state index contributed by atoms with van der Waals surface area (Å²) in [6, 6.07) is 12.7. The minimum absolute atomic E-state index is 0.156. The maximum absolute atomic E-state index is 13.4. The first-order valence-corrected chi connectivity index (χ1v) is 9.32. The molecule has 8 heteroatoms. The van der Waals surface area contributed by atoms with Crippen molar-refractivity contribution < 1.29 is 4.79 Å². The Hall–Kier alpha value is -3.52. The van der Waals surface area contributed by atoms with Crippen molar-refractivity contribution in [2.75, 3.05) is 5.73 Å². The Kier molecular flexibility index (Phi) is 4.20. The third-order valence-corrected chi connectivity index (χ3v) is 5.56. The largest absolute Gasteiger partial charge is 0.384 e.